The maximum Gasteiger partial charge on any atom is 0.325 e. The second kappa shape index (κ2) is 3.66. The summed E-state index contributed by atoms with van der Waals surface area (Å²) in [6.45, 7) is 4.38. The molecular weight excluding hydrogens is 166 g/mol. The molecule has 0 aromatic carbocycles. The maximum absolute atomic E-state index is 11.2. The summed E-state index contributed by atoms with van der Waals surface area (Å²) in [4.78, 5) is 11.2. The Bertz CT molecular complexity index is 195. The predicted octanol–water partition coefficient (Wildman–Crippen LogP) is 1.31. The molecule has 76 valence electrons. The van der Waals surface area contributed by atoms with Gasteiger partial charge in [0.05, 0.1) is 7.11 Å². The number of esters is 1. The molecule has 3 nitrogen and oxygen atoms in total. The van der Waals surface area contributed by atoms with Crippen LogP contribution in [0.4, 0.5) is 0 Å². The first-order chi connectivity index (χ1) is 5.98. The minimum atomic E-state index is -0.672. The quantitative estimate of drug-likeness (QED) is 0.674. The van der Waals surface area contributed by atoms with Gasteiger partial charge in [0.25, 0.3) is 0 Å². The first-order valence-corrected chi connectivity index (χ1v) is 4.85. The van der Waals surface area contributed by atoms with Crippen molar-refractivity contribution in [1.82, 2.24) is 0 Å². The smallest absolute Gasteiger partial charge is 0.325 e. The lowest BCUT2D eigenvalue weighted by Crippen LogP contribution is -2.58. The van der Waals surface area contributed by atoms with Gasteiger partial charge in [-0.3, -0.25) is 4.79 Å². The first kappa shape index (κ1) is 10.5. The third-order valence-corrected chi connectivity index (χ3v) is 2.70. The van der Waals surface area contributed by atoms with Gasteiger partial charge in [-0.15, -0.1) is 0 Å². The lowest BCUT2D eigenvalue weighted by molar-refractivity contribution is -0.152. The summed E-state index contributed by atoms with van der Waals surface area (Å²) in [5.41, 5.74) is 5.18. The van der Waals surface area contributed by atoms with Crippen LogP contribution in [0.3, 0.4) is 0 Å². The average Bonchev–Trinajstić information content (AvgIpc) is 1.99. The average molecular weight is 185 g/mol. The number of carbonyl (C=O) groups is 1. The van der Waals surface area contributed by atoms with Crippen LogP contribution in [-0.4, -0.2) is 18.6 Å². The lowest BCUT2D eigenvalue weighted by atomic mass is 9.66. The highest BCUT2D eigenvalue weighted by Crippen LogP contribution is 2.40. The van der Waals surface area contributed by atoms with E-state index in [1.807, 2.05) is 0 Å². The molecule has 2 N–H and O–H groups in total. The van der Waals surface area contributed by atoms with Crippen molar-refractivity contribution < 1.29 is 9.53 Å². The summed E-state index contributed by atoms with van der Waals surface area (Å²) in [7, 11) is 1.40. The summed E-state index contributed by atoms with van der Waals surface area (Å²) in [5, 5.41) is 0. The zero-order valence-electron chi connectivity index (χ0n) is 8.67. The molecule has 1 rings (SSSR count). The van der Waals surface area contributed by atoms with Gasteiger partial charge in [-0.05, 0) is 31.1 Å². The van der Waals surface area contributed by atoms with Crippen LogP contribution >= 0.6 is 0 Å². The van der Waals surface area contributed by atoms with E-state index in [1.165, 1.54) is 7.11 Å². The predicted molar refractivity (Wildman–Crippen MR) is 51.1 cm³/mol. The van der Waals surface area contributed by atoms with Gasteiger partial charge in [-0.25, -0.2) is 0 Å². The molecule has 3 heteroatoms. The third-order valence-electron chi connectivity index (χ3n) is 2.70. The van der Waals surface area contributed by atoms with E-state index >= 15 is 0 Å². The molecule has 0 radical (unpaired) electrons. The van der Waals surface area contributed by atoms with Crippen LogP contribution in [-0.2, 0) is 9.53 Å². The van der Waals surface area contributed by atoms with E-state index in [9.17, 15) is 4.79 Å². The van der Waals surface area contributed by atoms with Crippen molar-refractivity contribution in [3.8, 4) is 0 Å². The van der Waals surface area contributed by atoms with Crippen molar-refractivity contribution in [2.45, 2.75) is 38.6 Å². The monoisotopic (exact) mass is 185 g/mol. The summed E-state index contributed by atoms with van der Waals surface area (Å²) < 4.78 is 4.65. The molecule has 0 heterocycles. The normalized spacial score (nSPS) is 32.8. The molecule has 0 aliphatic heterocycles. The van der Waals surface area contributed by atoms with Gasteiger partial charge in [-0.2, -0.15) is 0 Å². The Balaban J connectivity index is 2.34. The zero-order valence-corrected chi connectivity index (χ0v) is 8.67. The molecule has 0 bridgehead atoms. The van der Waals surface area contributed by atoms with Gasteiger partial charge in [-0.1, -0.05) is 13.8 Å². The van der Waals surface area contributed by atoms with E-state index in [0.717, 1.165) is 19.3 Å². The molecule has 0 unspecified atom stereocenters. The van der Waals surface area contributed by atoms with E-state index in [0.29, 0.717) is 11.8 Å². The Morgan fingerprint density at radius 1 is 1.62 bits per heavy atom. The molecule has 0 atom stereocenters. The molecule has 1 aliphatic carbocycles. The summed E-state index contributed by atoms with van der Waals surface area (Å²) in [6.07, 6.45) is 2.74. The molecule has 0 saturated heterocycles. The number of carbonyl (C=O) groups excluding carboxylic acids is 1. The first-order valence-electron chi connectivity index (χ1n) is 4.85. The van der Waals surface area contributed by atoms with E-state index in [-0.39, 0.29) is 5.97 Å². The topological polar surface area (TPSA) is 52.3 Å². The number of ether oxygens (including phenoxy) is 1. The second-order valence-electron chi connectivity index (χ2n) is 4.55. The van der Waals surface area contributed by atoms with Crippen molar-refractivity contribution in [2.75, 3.05) is 7.11 Å². The Morgan fingerprint density at radius 3 is 2.54 bits per heavy atom. The van der Waals surface area contributed by atoms with Crippen molar-refractivity contribution in [3.05, 3.63) is 0 Å². The number of hydrogen-bond acceptors (Lipinski definition) is 3. The minimum Gasteiger partial charge on any atom is -0.468 e. The van der Waals surface area contributed by atoms with Gasteiger partial charge in [0.15, 0.2) is 0 Å². The van der Waals surface area contributed by atoms with Crippen LogP contribution in [0.25, 0.3) is 0 Å². The lowest BCUT2D eigenvalue weighted by Gasteiger charge is -2.43. The van der Waals surface area contributed by atoms with Gasteiger partial charge >= 0.3 is 5.97 Å². The van der Waals surface area contributed by atoms with Gasteiger partial charge < -0.3 is 10.5 Å². The Morgan fingerprint density at radius 2 is 2.15 bits per heavy atom. The van der Waals surface area contributed by atoms with E-state index in [4.69, 9.17) is 5.73 Å². The molecule has 0 aromatic heterocycles. The molecule has 1 aliphatic rings. The number of rotatable bonds is 3. The Kier molecular flexibility index (Phi) is 2.96. The fourth-order valence-corrected chi connectivity index (χ4v) is 2.17. The maximum atomic E-state index is 11.2. The van der Waals surface area contributed by atoms with Crippen LogP contribution in [0.5, 0.6) is 0 Å². The third kappa shape index (κ3) is 2.21. The fraction of sp³-hybridized carbons (Fsp3) is 0.900. The van der Waals surface area contributed by atoms with Crippen LogP contribution in [0.15, 0.2) is 0 Å². The Hall–Kier alpha value is -0.570. The molecule has 1 saturated carbocycles. The summed E-state index contributed by atoms with van der Waals surface area (Å²) in [5.74, 6) is 1.05. The van der Waals surface area contributed by atoms with Gasteiger partial charge in [0.1, 0.15) is 5.54 Å². The van der Waals surface area contributed by atoms with Crippen molar-refractivity contribution in [1.29, 1.82) is 0 Å². The van der Waals surface area contributed by atoms with Crippen molar-refractivity contribution in [2.24, 2.45) is 17.6 Å². The number of methoxy groups -OCH3 is 1. The van der Waals surface area contributed by atoms with Gasteiger partial charge in [0, 0.05) is 0 Å². The van der Waals surface area contributed by atoms with Gasteiger partial charge in [0.2, 0.25) is 0 Å². The number of hydrogen-bond donors (Lipinski definition) is 1. The highest BCUT2D eigenvalue weighted by molar-refractivity contribution is 5.81. The fourth-order valence-electron chi connectivity index (χ4n) is 2.17. The summed E-state index contributed by atoms with van der Waals surface area (Å²) >= 11 is 0. The van der Waals surface area contributed by atoms with E-state index in [1.54, 1.807) is 0 Å². The Labute approximate surface area is 79.6 Å². The zero-order chi connectivity index (χ0) is 10.1. The van der Waals surface area contributed by atoms with Crippen LogP contribution in [0, 0.1) is 11.8 Å². The minimum absolute atomic E-state index is 0.257. The van der Waals surface area contributed by atoms with E-state index in [2.05, 4.69) is 18.6 Å². The molecule has 13 heavy (non-hydrogen) atoms. The van der Waals surface area contributed by atoms with Crippen molar-refractivity contribution in [3.63, 3.8) is 0 Å². The van der Waals surface area contributed by atoms with Crippen LogP contribution in [0.1, 0.15) is 33.1 Å². The summed E-state index contributed by atoms with van der Waals surface area (Å²) in [6, 6.07) is 0. The molecular formula is C10H19NO2. The molecule has 1 fully saturated rings. The molecule has 0 amide bonds. The molecule has 0 aromatic rings. The SMILES string of the molecule is COC(=O)C1(N)CC(CC(C)C)C1. The van der Waals surface area contributed by atoms with E-state index < -0.39 is 5.54 Å². The second-order valence-corrected chi connectivity index (χ2v) is 4.55. The molecule has 0 spiro atoms. The largest absolute Gasteiger partial charge is 0.468 e. The van der Waals surface area contributed by atoms with Crippen LogP contribution in [0.2, 0.25) is 0 Å². The number of nitrogens with two attached hydrogens (primary N) is 1. The van der Waals surface area contributed by atoms with Crippen LogP contribution < -0.4 is 5.73 Å². The van der Waals surface area contributed by atoms with Crippen molar-refractivity contribution >= 4 is 5.97 Å². The standard InChI is InChI=1S/C10H19NO2/c1-7(2)4-8-5-10(11,6-8)9(12)13-3/h7-8H,4-6,11H2,1-3H3. The highest BCUT2D eigenvalue weighted by atomic mass is 16.5. The highest BCUT2D eigenvalue weighted by Gasteiger charge is 2.47.